The van der Waals surface area contributed by atoms with Gasteiger partial charge in [-0.15, -0.1) is 10.2 Å². The lowest BCUT2D eigenvalue weighted by Crippen LogP contribution is -2.17. The Morgan fingerprint density at radius 3 is 2.37 bits per heavy atom. The van der Waals surface area contributed by atoms with Crippen LogP contribution < -0.4 is 10.6 Å². The normalized spacial score (nSPS) is 10.7. The zero-order chi connectivity index (χ0) is 21.7. The number of thioether (sulfide) groups is 1. The average Bonchev–Trinajstić information content (AvgIpc) is 3.03. The molecule has 1 heterocycles. The fourth-order valence-electron chi connectivity index (χ4n) is 2.91. The minimum atomic E-state index is -0.171. The Morgan fingerprint density at radius 2 is 1.70 bits per heavy atom. The molecular formula is C21H22IN5O2S. The van der Waals surface area contributed by atoms with Crippen LogP contribution in [-0.2, 0) is 23.1 Å². The summed E-state index contributed by atoms with van der Waals surface area (Å²) in [7, 11) is 1.79. The molecule has 2 aromatic carbocycles. The van der Waals surface area contributed by atoms with Crippen molar-refractivity contribution in [2.75, 3.05) is 16.4 Å². The summed E-state index contributed by atoms with van der Waals surface area (Å²) in [5.41, 5.74) is 3.64. The summed E-state index contributed by atoms with van der Waals surface area (Å²) < 4.78 is 2.88. The molecule has 2 amide bonds. The predicted octanol–water partition coefficient (Wildman–Crippen LogP) is 3.95. The lowest BCUT2D eigenvalue weighted by molar-refractivity contribution is -0.116. The van der Waals surface area contributed by atoms with E-state index in [1.165, 1.54) is 11.8 Å². The number of para-hydroxylation sites is 1. The minimum absolute atomic E-state index is 0.103. The molecule has 30 heavy (non-hydrogen) atoms. The maximum absolute atomic E-state index is 12.4. The number of halogens is 1. The molecular weight excluding hydrogens is 513 g/mol. The number of nitrogens with zero attached hydrogens (tertiary/aromatic N) is 3. The molecule has 0 aliphatic carbocycles. The van der Waals surface area contributed by atoms with Crippen molar-refractivity contribution in [3.05, 3.63) is 63.0 Å². The van der Waals surface area contributed by atoms with E-state index in [0.29, 0.717) is 11.0 Å². The maximum atomic E-state index is 12.4. The first-order valence-electron chi connectivity index (χ1n) is 9.26. The second kappa shape index (κ2) is 10.1. The van der Waals surface area contributed by atoms with Crippen LogP contribution in [0.5, 0.6) is 0 Å². The maximum Gasteiger partial charge on any atom is 0.234 e. The van der Waals surface area contributed by atoms with Crippen molar-refractivity contribution in [1.29, 1.82) is 0 Å². The number of rotatable bonds is 7. The van der Waals surface area contributed by atoms with Gasteiger partial charge in [-0.25, -0.2) is 0 Å². The van der Waals surface area contributed by atoms with E-state index < -0.39 is 0 Å². The molecule has 2 N–H and O–H groups in total. The van der Waals surface area contributed by atoms with Gasteiger partial charge >= 0.3 is 0 Å². The molecule has 156 valence electrons. The van der Waals surface area contributed by atoms with Crippen molar-refractivity contribution in [3.8, 4) is 0 Å². The average molecular weight is 535 g/mol. The van der Waals surface area contributed by atoms with Crippen molar-refractivity contribution >= 4 is 57.5 Å². The number of hydrogen-bond acceptors (Lipinski definition) is 5. The first kappa shape index (κ1) is 22.3. The predicted molar refractivity (Wildman–Crippen MR) is 128 cm³/mol. The van der Waals surface area contributed by atoms with Gasteiger partial charge in [0, 0.05) is 22.0 Å². The number of benzene rings is 2. The van der Waals surface area contributed by atoms with E-state index in [9.17, 15) is 9.59 Å². The first-order chi connectivity index (χ1) is 14.3. The summed E-state index contributed by atoms with van der Waals surface area (Å²) in [6, 6.07) is 13.3. The molecule has 7 nitrogen and oxygen atoms in total. The van der Waals surface area contributed by atoms with Crippen LogP contribution in [0.2, 0.25) is 0 Å². The van der Waals surface area contributed by atoms with E-state index in [1.54, 1.807) is 11.6 Å². The topological polar surface area (TPSA) is 88.9 Å². The Bertz CT molecular complexity index is 1050. The molecule has 0 saturated carbocycles. The highest BCUT2D eigenvalue weighted by atomic mass is 127. The van der Waals surface area contributed by atoms with Crippen molar-refractivity contribution in [2.45, 2.75) is 25.4 Å². The Kier molecular flexibility index (Phi) is 7.48. The van der Waals surface area contributed by atoms with Crippen LogP contribution in [0.1, 0.15) is 17.0 Å². The van der Waals surface area contributed by atoms with Crippen molar-refractivity contribution in [2.24, 2.45) is 7.05 Å². The van der Waals surface area contributed by atoms with Crippen molar-refractivity contribution in [1.82, 2.24) is 14.8 Å². The van der Waals surface area contributed by atoms with Crippen LogP contribution in [0.3, 0.4) is 0 Å². The molecule has 0 atom stereocenters. The van der Waals surface area contributed by atoms with Crippen LogP contribution in [0, 0.1) is 17.4 Å². The molecule has 3 rings (SSSR count). The first-order valence-corrected chi connectivity index (χ1v) is 11.3. The lowest BCUT2D eigenvalue weighted by atomic mass is 10.1. The van der Waals surface area contributed by atoms with Crippen molar-refractivity contribution in [3.63, 3.8) is 0 Å². The molecule has 9 heteroatoms. The number of nitrogens with one attached hydrogen (secondary N) is 2. The molecule has 0 bridgehead atoms. The third kappa shape index (κ3) is 5.82. The fourth-order valence-corrected chi connectivity index (χ4v) is 4.57. The Morgan fingerprint density at radius 1 is 1.03 bits per heavy atom. The summed E-state index contributed by atoms with van der Waals surface area (Å²) in [4.78, 5) is 24.7. The van der Waals surface area contributed by atoms with E-state index >= 15 is 0 Å². The van der Waals surface area contributed by atoms with Crippen LogP contribution in [0.4, 0.5) is 11.4 Å². The number of anilines is 2. The zero-order valence-electron chi connectivity index (χ0n) is 16.9. The highest BCUT2D eigenvalue weighted by Gasteiger charge is 2.15. The number of aromatic nitrogens is 3. The Balaban J connectivity index is 1.56. The van der Waals surface area contributed by atoms with Gasteiger partial charge in [0.1, 0.15) is 5.82 Å². The smallest absolute Gasteiger partial charge is 0.234 e. The fraction of sp³-hybridized carbons (Fsp3) is 0.238. The molecule has 1 aromatic heterocycles. The summed E-state index contributed by atoms with van der Waals surface area (Å²) in [6.07, 6.45) is 0.103. The lowest BCUT2D eigenvalue weighted by Gasteiger charge is -2.12. The standard InChI is InChI=1S/C21H22IN5O2S/c1-13-9-15(22)10-14(2)20(13)24-19(29)12-30-21-26-25-17(27(21)3)11-18(28)23-16-7-5-4-6-8-16/h4-10H,11-12H2,1-3H3,(H,23,28)(H,24,29). The van der Waals surface area contributed by atoms with Crippen LogP contribution in [0.25, 0.3) is 0 Å². The van der Waals surface area contributed by atoms with Gasteiger partial charge in [0.05, 0.1) is 12.2 Å². The highest BCUT2D eigenvalue weighted by Crippen LogP contribution is 2.24. The quantitative estimate of drug-likeness (QED) is 0.354. The molecule has 0 aliphatic rings. The SMILES string of the molecule is Cc1cc(I)cc(C)c1NC(=O)CSc1nnc(CC(=O)Nc2ccccc2)n1C. The van der Waals surface area contributed by atoms with E-state index in [2.05, 4.69) is 43.4 Å². The van der Waals surface area contributed by atoms with Gasteiger partial charge in [-0.1, -0.05) is 30.0 Å². The molecule has 0 radical (unpaired) electrons. The second-order valence-electron chi connectivity index (χ2n) is 6.80. The molecule has 0 unspecified atom stereocenters. The molecule has 0 fully saturated rings. The number of amides is 2. The van der Waals surface area contributed by atoms with Gasteiger partial charge < -0.3 is 15.2 Å². The molecule has 0 spiro atoms. The summed E-state index contributed by atoms with van der Waals surface area (Å²) >= 11 is 3.55. The number of carbonyl (C=O) groups is 2. The van der Waals surface area contributed by atoms with Crippen molar-refractivity contribution < 1.29 is 9.59 Å². The number of hydrogen-bond donors (Lipinski definition) is 2. The molecule has 0 aliphatic heterocycles. The monoisotopic (exact) mass is 535 g/mol. The third-order valence-corrected chi connectivity index (χ3v) is 6.04. The Labute approximate surface area is 193 Å². The van der Waals surface area contributed by atoms with Gasteiger partial charge in [-0.3, -0.25) is 9.59 Å². The van der Waals surface area contributed by atoms with Gasteiger partial charge in [-0.2, -0.15) is 0 Å². The van der Waals surface area contributed by atoms with E-state index in [1.807, 2.05) is 56.3 Å². The second-order valence-corrected chi connectivity index (χ2v) is 8.99. The summed E-state index contributed by atoms with van der Waals surface area (Å²) in [5, 5.41) is 14.6. The van der Waals surface area contributed by atoms with E-state index in [0.717, 1.165) is 26.1 Å². The summed E-state index contributed by atoms with van der Waals surface area (Å²) in [6.45, 7) is 3.96. The van der Waals surface area contributed by atoms with Gasteiger partial charge in [0.25, 0.3) is 0 Å². The van der Waals surface area contributed by atoms with Gasteiger partial charge in [-0.05, 0) is 71.8 Å². The highest BCUT2D eigenvalue weighted by molar-refractivity contribution is 14.1. The summed E-state index contributed by atoms with van der Waals surface area (Å²) in [5.74, 6) is 0.456. The molecule has 3 aromatic rings. The zero-order valence-corrected chi connectivity index (χ0v) is 19.9. The largest absolute Gasteiger partial charge is 0.326 e. The molecule has 0 saturated heterocycles. The van der Waals surface area contributed by atoms with Crippen LogP contribution >= 0.6 is 34.4 Å². The van der Waals surface area contributed by atoms with Crippen LogP contribution in [-0.4, -0.2) is 32.3 Å². The number of aryl methyl sites for hydroxylation is 2. The third-order valence-electron chi connectivity index (χ3n) is 4.40. The van der Waals surface area contributed by atoms with E-state index in [4.69, 9.17) is 0 Å². The number of carbonyl (C=O) groups excluding carboxylic acids is 2. The van der Waals surface area contributed by atoms with Gasteiger partial charge in [0.2, 0.25) is 11.8 Å². The Hall–Kier alpha value is -2.40. The van der Waals surface area contributed by atoms with E-state index in [-0.39, 0.29) is 24.0 Å². The van der Waals surface area contributed by atoms with Crippen LogP contribution in [0.15, 0.2) is 47.6 Å². The van der Waals surface area contributed by atoms with Gasteiger partial charge in [0.15, 0.2) is 5.16 Å². The minimum Gasteiger partial charge on any atom is -0.326 e.